The highest BCUT2D eigenvalue weighted by atomic mass is 32.1. The van der Waals surface area contributed by atoms with E-state index in [2.05, 4.69) is 17.6 Å². The molecule has 0 saturated carbocycles. The van der Waals surface area contributed by atoms with Crippen molar-refractivity contribution in [2.75, 3.05) is 0 Å². The van der Waals surface area contributed by atoms with Crippen LogP contribution in [0.15, 0.2) is 18.3 Å². The van der Waals surface area contributed by atoms with Gasteiger partial charge in [0.05, 0.1) is 0 Å². The van der Waals surface area contributed by atoms with Crippen molar-refractivity contribution in [2.45, 2.75) is 0 Å². The third-order valence-electron chi connectivity index (χ3n) is 0.989. The molecule has 52 valence electrons. The van der Waals surface area contributed by atoms with Crippen LogP contribution in [0.4, 0.5) is 0 Å². The van der Waals surface area contributed by atoms with Gasteiger partial charge in [-0.25, -0.2) is 4.98 Å². The summed E-state index contributed by atoms with van der Waals surface area (Å²) in [6.07, 6.45) is 1.42. The predicted molar refractivity (Wildman–Crippen MR) is 39.2 cm³/mol. The van der Waals surface area contributed by atoms with Crippen LogP contribution in [-0.2, 0) is 0 Å². The maximum absolute atomic E-state index is 10.5. The van der Waals surface area contributed by atoms with E-state index in [1.807, 2.05) is 0 Å². The molecule has 0 radical (unpaired) electrons. The van der Waals surface area contributed by atoms with E-state index in [9.17, 15) is 4.79 Å². The number of thiol groups is 1. The van der Waals surface area contributed by atoms with Gasteiger partial charge >= 0.3 is 0 Å². The van der Waals surface area contributed by atoms with Crippen LogP contribution < -0.4 is 0 Å². The van der Waals surface area contributed by atoms with Crippen LogP contribution in [0.5, 0.6) is 5.75 Å². The number of aromatic nitrogens is 1. The molecule has 10 heavy (non-hydrogen) atoms. The molecule has 3 nitrogen and oxygen atoms in total. The number of carbonyl (C=O) groups excluding carboxylic acids is 1. The molecule has 1 heterocycles. The molecule has 0 spiro atoms. The molecule has 0 bridgehead atoms. The number of hydrogen-bond donors (Lipinski definition) is 2. The smallest absolute Gasteiger partial charge is 0.238 e. The fraction of sp³-hybridized carbons (Fsp3) is 0. The van der Waals surface area contributed by atoms with Crippen LogP contribution in [0, 0.1) is 0 Å². The molecule has 1 aromatic heterocycles. The van der Waals surface area contributed by atoms with Crippen LogP contribution in [0.2, 0.25) is 0 Å². The Morgan fingerprint density at radius 3 is 2.80 bits per heavy atom. The molecule has 1 N–H and O–H groups in total. The van der Waals surface area contributed by atoms with Crippen LogP contribution >= 0.6 is 12.6 Å². The average molecular weight is 155 g/mol. The topological polar surface area (TPSA) is 50.2 Å². The maximum Gasteiger partial charge on any atom is 0.238 e. The Kier molecular flexibility index (Phi) is 1.91. The Morgan fingerprint density at radius 2 is 2.40 bits per heavy atom. The third kappa shape index (κ3) is 1.27. The molecule has 0 atom stereocenters. The number of pyridine rings is 1. The van der Waals surface area contributed by atoms with E-state index in [0.29, 0.717) is 0 Å². The summed E-state index contributed by atoms with van der Waals surface area (Å²) in [5.74, 6) is -0.137. The van der Waals surface area contributed by atoms with Crippen LogP contribution in [-0.4, -0.2) is 15.2 Å². The molecular weight excluding hydrogens is 150 g/mol. The van der Waals surface area contributed by atoms with E-state index in [4.69, 9.17) is 5.11 Å². The molecule has 0 aromatic carbocycles. The van der Waals surface area contributed by atoms with Gasteiger partial charge in [0.1, 0.15) is 5.75 Å². The Bertz CT molecular complexity index is 262. The van der Waals surface area contributed by atoms with E-state index in [0.717, 1.165) is 0 Å². The molecule has 4 heteroatoms. The summed E-state index contributed by atoms with van der Waals surface area (Å²) in [4.78, 5) is 14.1. The molecule has 1 aromatic rings. The minimum Gasteiger partial charge on any atom is -0.506 e. The zero-order valence-corrected chi connectivity index (χ0v) is 5.88. The van der Waals surface area contributed by atoms with Gasteiger partial charge in [0, 0.05) is 6.20 Å². The number of hydrogen-bond acceptors (Lipinski definition) is 3. The van der Waals surface area contributed by atoms with Crippen LogP contribution in [0.3, 0.4) is 0 Å². The van der Waals surface area contributed by atoms with E-state index in [1.54, 1.807) is 0 Å². The fourth-order valence-electron chi connectivity index (χ4n) is 0.562. The van der Waals surface area contributed by atoms with Gasteiger partial charge < -0.3 is 5.11 Å². The van der Waals surface area contributed by atoms with Crippen molar-refractivity contribution in [3.63, 3.8) is 0 Å². The molecule has 0 aliphatic rings. The lowest BCUT2D eigenvalue weighted by atomic mass is 10.3. The van der Waals surface area contributed by atoms with Gasteiger partial charge in [-0.1, -0.05) is 12.6 Å². The Morgan fingerprint density at radius 1 is 1.70 bits per heavy atom. The van der Waals surface area contributed by atoms with Gasteiger partial charge in [-0.15, -0.1) is 0 Å². The van der Waals surface area contributed by atoms with Crippen molar-refractivity contribution in [1.29, 1.82) is 0 Å². The molecule has 1 rings (SSSR count). The summed E-state index contributed by atoms with van der Waals surface area (Å²) < 4.78 is 0. The molecule has 0 aliphatic carbocycles. The minimum absolute atomic E-state index is 0.00849. The second-order valence-corrected chi connectivity index (χ2v) is 2.08. The van der Waals surface area contributed by atoms with Gasteiger partial charge in [0.25, 0.3) is 0 Å². The van der Waals surface area contributed by atoms with Crippen molar-refractivity contribution in [3.05, 3.63) is 24.0 Å². The van der Waals surface area contributed by atoms with E-state index < -0.39 is 5.12 Å². The SMILES string of the molecule is O=C(S)c1ncccc1O. The fourth-order valence-corrected chi connectivity index (χ4v) is 0.734. The first kappa shape index (κ1) is 7.08. The van der Waals surface area contributed by atoms with Gasteiger partial charge in [0.2, 0.25) is 5.12 Å². The second-order valence-electron chi connectivity index (χ2n) is 1.68. The van der Waals surface area contributed by atoms with Crippen molar-refractivity contribution >= 4 is 17.7 Å². The van der Waals surface area contributed by atoms with Crippen molar-refractivity contribution in [2.24, 2.45) is 0 Å². The number of rotatable bonds is 1. The summed E-state index contributed by atoms with van der Waals surface area (Å²) in [6.45, 7) is 0. The van der Waals surface area contributed by atoms with Gasteiger partial charge in [-0.3, -0.25) is 4.79 Å². The minimum atomic E-state index is -0.530. The summed E-state index contributed by atoms with van der Waals surface area (Å²) in [5, 5.41) is 8.42. The molecule has 0 unspecified atom stereocenters. The third-order valence-corrected chi connectivity index (χ3v) is 1.20. The second kappa shape index (κ2) is 2.70. The first-order valence-electron chi connectivity index (χ1n) is 2.59. The van der Waals surface area contributed by atoms with Crippen molar-refractivity contribution in [3.8, 4) is 5.75 Å². The van der Waals surface area contributed by atoms with E-state index in [1.165, 1.54) is 18.3 Å². The predicted octanol–water partition coefficient (Wildman–Crippen LogP) is 0.857. The lowest BCUT2D eigenvalue weighted by molar-refractivity contribution is 0.108. The highest BCUT2D eigenvalue weighted by Gasteiger charge is 2.05. The van der Waals surface area contributed by atoms with Crippen molar-refractivity contribution < 1.29 is 9.90 Å². The summed E-state index contributed by atoms with van der Waals surface area (Å²) in [7, 11) is 0. The average Bonchev–Trinajstić information content (AvgIpc) is 1.88. The zero-order valence-electron chi connectivity index (χ0n) is 4.98. The lowest BCUT2D eigenvalue weighted by Gasteiger charge is -1.94. The lowest BCUT2D eigenvalue weighted by Crippen LogP contribution is -1.92. The van der Waals surface area contributed by atoms with Crippen LogP contribution in [0.1, 0.15) is 10.5 Å². The standard InChI is InChI=1S/C6H5NO2S/c8-4-2-1-3-7-5(4)6(9)10/h1-3,8H,(H,9,10). The normalized spacial score (nSPS) is 9.30. The largest absolute Gasteiger partial charge is 0.506 e. The highest BCUT2D eigenvalue weighted by molar-refractivity contribution is 7.97. The monoisotopic (exact) mass is 155 g/mol. The summed E-state index contributed by atoms with van der Waals surface area (Å²) >= 11 is 3.50. The van der Waals surface area contributed by atoms with Gasteiger partial charge in [0.15, 0.2) is 5.69 Å². The Balaban J connectivity index is 3.15. The molecule has 0 aliphatic heterocycles. The first-order chi connectivity index (χ1) is 4.72. The number of carbonyl (C=O) groups is 1. The van der Waals surface area contributed by atoms with Crippen molar-refractivity contribution in [1.82, 2.24) is 4.98 Å². The quantitative estimate of drug-likeness (QED) is 0.591. The van der Waals surface area contributed by atoms with Gasteiger partial charge in [-0.2, -0.15) is 0 Å². The van der Waals surface area contributed by atoms with E-state index >= 15 is 0 Å². The number of aromatic hydroxyl groups is 1. The molecule has 0 amide bonds. The highest BCUT2D eigenvalue weighted by Crippen LogP contribution is 2.13. The molecule has 0 saturated heterocycles. The van der Waals surface area contributed by atoms with E-state index in [-0.39, 0.29) is 11.4 Å². The summed E-state index contributed by atoms with van der Waals surface area (Å²) in [5.41, 5.74) is -0.00849. The zero-order chi connectivity index (χ0) is 7.56. The van der Waals surface area contributed by atoms with Gasteiger partial charge in [-0.05, 0) is 12.1 Å². The first-order valence-corrected chi connectivity index (χ1v) is 3.04. The summed E-state index contributed by atoms with van der Waals surface area (Å²) in [6, 6.07) is 2.92. The molecular formula is C6H5NO2S. The Labute approximate surface area is 63.1 Å². The Hall–Kier alpha value is -1.03. The molecule has 0 fully saturated rings. The number of nitrogens with zero attached hydrogens (tertiary/aromatic N) is 1. The maximum atomic E-state index is 10.5. The van der Waals surface area contributed by atoms with Crippen LogP contribution in [0.25, 0.3) is 0 Å².